The number of aliphatic hydroxyl groups is 1. The van der Waals surface area contributed by atoms with Gasteiger partial charge < -0.3 is 5.11 Å². The molecule has 1 N–H and O–H groups in total. The third kappa shape index (κ3) is 4.81. The molecule has 0 bridgehead atoms. The van der Waals surface area contributed by atoms with E-state index in [4.69, 9.17) is 0 Å². The number of aliphatic hydroxyl groups excluding tert-OH is 1. The first-order valence-electron chi connectivity index (χ1n) is 7.20. The first-order valence-corrected chi connectivity index (χ1v) is 8.24. The molecule has 1 nitrogen and oxygen atoms in total. The summed E-state index contributed by atoms with van der Waals surface area (Å²) < 4.78 is 13.2. The van der Waals surface area contributed by atoms with Gasteiger partial charge in [0, 0.05) is 11.0 Å². The van der Waals surface area contributed by atoms with Crippen molar-refractivity contribution in [3.8, 4) is 0 Å². The maximum absolute atomic E-state index is 13.2. The molecule has 1 atom stereocenters. The molecule has 1 aliphatic rings. The van der Waals surface area contributed by atoms with Gasteiger partial charge in [-0.15, -0.1) is 0 Å². The highest BCUT2D eigenvalue weighted by Gasteiger charge is 2.16. The van der Waals surface area contributed by atoms with Crippen LogP contribution in [-0.2, 0) is 6.42 Å². The van der Waals surface area contributed by atoms with Gasteiger partial charge in [0.1, 0.15) is 5.82 Å². The lowest BCUT2D eigenvalue weighted by Gasteiger charge is -2.22. The normalized spacial score (nSPS) is 18.5. The van der Waals surface area contributed by atoms with Crippen LogP contribution in [0.3, 0.4) is 0 Å². The lowest BCUT2D eigenvalue weighted by molar-refractivity contribution is 0.199. The molecular formula is C16H23FOS. The van der Waals surface area contributed by atoms with Gasteiger partial charge in [0.05, 0.1) is 6.10 Å². The van der Waals surface area contributed by atoms with E-state index < -0.39 is 0 Å². The molecule has 0 aromatic heterocycles. The van der Waals surface area contributed by atoms with Crippen molar-refractivity contribution in [3.63, 3.8) is 0 Å². The molecular weight excluding hydrogens is 259 g/mol. The van der Waals surface area contributed by atoms with E-state index in [-0.39, 0.29) is 11.9 Å². The molecule has 1 unspecified atom stereocenters. The first kappa shape index (κ1) is 14.9. The van der Waals surface area contributed by atoms with E-state index in [1.54, 1.807) is 12.1 Å². The summed E-state index contributed by atoms with van der Waals surface area (Å²) in [5, 5.41) is 10.8. The number of halogens is 1. The average Bonchev–Trinajstić information content (AvgIpc) is 2.42. The average molecular weight is 282 g/mol. The number of aryl methyl sites for hydroxylation is 1. The van der Waals surface area contributed by atoms with Crippen LogP contribution in [0.25, 0.3) is 0 Å². The van der Waals surface area contributed by atoms with Crippen molar-refractivity contribution in [2.45, 2.75) is 56.8 Å². The van der Waals surface area contributed by atoms with E-state index in [2.05, 4.69) is 0 Å². The van der Waals surface area contributed by atoms with E-state index >= 15 is 0 Å². The third-order valence-electron chi connectivity index (χ3n) is 3.84. The monoisotopic (exact) mass is 282 g/mol. The second-order valence-electron chi connectivity index (χ2n) is 5.52. The zero-order valence-electron chi connectivity index (χ0n) is 11.6. The molecule has 1 aliphatic carbocycles. The Morgan fingerprint density at radius 3 is 2.79 bits per heavy atom. The number of hydrogen-bond acceptors (Lipinski definition) is 2. The summed E-state index contributed by atoms with van der Waals surface area (Å²) in [6.45, 7) is 1.97. The Morgan fingerprint density at radius 1 is 1.32 bits per heavy atom. The third-order valence-corrected chi connectivity index (χ3v) is 5.36. The molecule has 1 aromatic rings. The van der Waals surface area contributed by atoms with Crippen molar-refractivity contribution >= 4 is 11.8 Å². The van der Waals surface area contributed by atoms with E-state index in [9.17, 15) is 9.50 Å². The van der Waals surface area contributed by atoms with Crippen molar-refractivity contribution in [3.05, 3.63) is 35.1 Å². The van der Waals surface area contributed by atoms with Gasteiger partial charge in [0.25, 0.3) is 0 Å². The maximum Gasteiger partial charge on any atom is 0.123 e. The van der Waals surface area contributed by atoms with Crippen molar-refractivity contribution in [2.75, 3.05) is 5.75 Å². The topological polar surface area (TPSA) is 20.2 Å². The van der Waals surface area contributed by atoms with Gasteiger partial charge in [0.2, 0.25) is 0 Å². The van der Waals surface area contributed by atoms with Crippen LogP contribution in [0.5, 0.6) is 0 Å². The summed E-state index contributed by atoms with van der Waals surface area (Å²) in [6, 6.07) is 4.80. The van der Waals surface area contributed by atoms with E-state index in [1.165, 1.54) is 38.2 Å². The Bertz CT molecular complexity index is 402. The summed E-state index contributed by atoms with van der Waals surface area (Å²) in [7, 11) is 0. The minimum Gasteiger partial charge on any atom is -0.392 e. The van der Waals surface area contributed by atoms with Crippen LogP contribution >= 0.6 is 11.8 Å². The van der Waals surface area contributed by atoms with Gasteiger partial charge >= 0.3 is 0 Å². The van der Waals surface area contributed by atoms with Gasteiger partial charge in [-0.25, -0.2) is 4.39 Å². The Hall–Kier alpha value is -0.540. The molecule has 0 aliphatic heterocycles. The molecule has 2 rings (SSSR count). The van der Waals surface area contributed by atoms with Gasteiger partial charge in [-0.05, 0) is 49.4 Å². The van der Waals surface area contributed by atoms with Crippen molar-refractivity contribution in [1.29, 1.82) is 0 Å². The van der Waals surface area contributed by atoms with Crippen molar-refractivity contribution < 1.29 is 9.50 Å². The molecule has 0 heterocycles. The summed E-state index contributed by atoms with van der Waals surface area (Å²) in [5.41, 5.74) is 1.99. The number of rotatable bonds is 5. The molecule has 3 heteroatoms. The number of benzene rings is 1. The second kappa shape index (κ2) is 7.30. The maximum atomic E-state index is 13.2. The number of hydrogen-bond donors (Lipinski definition) is 1. The van der Waals surface area contributed by atoms with E-state index in [1.807, 2.05) is 18.7 Å². The Labute approximate surface area is 119 Å². The minimum atomic E-state index is -0.368. The van der Waals surface area contributed by atoms with Crippen LogP contribution in [0.15, 0.2) is 18.2 Å². The van der Waals surface area contributed by atoms with Crippen LogP contribution in [0.2, 0.25) is 0 Å². The summed E-state index contributed by atoms with van der Waals surface area (Å²) >= 11 is 1.89. The van der Waals surface area contributed by atoms with Crippen LogP contribution in [-0.4, -0.2) is 22.2 Å². The fourth-order valence-corrected chi connectivity index (χ4v) is 3.93. The standard InChI is InChI=1S/C16H23FOS/c1-12-7-8-14(17)9-13(12)10-15(18)11-19-16-5-3-2-4-6-16/h7-9,15-16,18H,2-6,10-11H2,1H3. The lowest BCUT2D eigenvalue weighted by atomic mass is 10.0. The quantitative estimate of drug-likeness (QED) is 0.877. The Morgan fingerprint density at radius 2 is 2.05 bits per heavy atom. The van der Waals surface area contributed by atoms with E-state index in [0.717, 1.165) is 22.1 Å². The summed E-state index contributed by atoms with van der Waals surface area (Å²) in [6.07, 6.45) is 6.79. The van der Waals surface area contributed by atoms with Crippen LogP contribution in [0.4, 0.5) is 4.39 Å². The molecule has 0 spiro atoms. The molecule has 0 radical (unpaired) electrons. The van der Waals surface area contributed by atoms with Crippen LogP contribution in [0, 0.1) is 12.7 Å². The van der Waals surface area contributed by atoms with E-state index in [0.29, 0.717) is 6.42 Å². The molecule has 19 heavy (non-hydrogen) atoms. The number of thioether (sulfide) groups is 1. The molecule has 1 saturated carbocycles. The fraction of sp³-hybridized carbons (Fsp3) is 0.625. The summed E-state index contributed by atoms with van der Waals surface area (Å²) in [5.74, 6) is 0.549. The lowest BCUT2D eigenvalue weighted by Crippen LogP contribution is -2.18. The van der Waals surface area contributed by atoms with Crippen LogP contribution < -0.4 is 0 Å². The fourth-order valence-electron chi connectivity index (χ4n) is 2.65. The van der Waals surface area contributed by atoms with Crippen molar-refractivity contribution in [1.82, 2.24) is 0 Å². The molecule has 1 fully saturated rings. The van der Waals surface area contributed by atoms with Crippen LogP contribution in [0.1, 0.15) is 43.2 Å². The van der Waals surface area contributed by atoms with Gasteiger partial charge in [-0.2, -0.15) is 11.8 Å². The molecule has 0 saturated heterocycles. The highest BCUT2D eigenvalue weighted by molar-refractivity contribution is 7.99. The Balaban J connectivity index is 1.80. The van der Waals surface area contributed by atoms with Gasteiger partial charge in [0.15, 0.2) is 0 Å². The van der Waals surface area contributed by atoms with Gasteiger partial charge in [-0.1, -0.05) is 25.3 Å². The highest BCUT2D eigenvalue weighted by Crippen LogP contribution is 2.29. The SMILES string of the molecule is Cc1ccc(F)cc1CC(O)CSC1CCCCC1. The predicted octanol–water partition coefficient (Wildman–Crippen LogP) is 4.10. The summed E-state index contributed by atoms with van der Waals surface area (Å²) in [4.78, 5) is 0. The molecule has 0 amide bonds. The van der Waals surface area contributed by atoms with Gasteiger partial charge in [-0.3, -0.25) is 0 Å². The predicted molar refractivity (Wildman–Crippen MR) is 80.2 cm³/mol. The smallest absolute Gasteiger partial charge is 0.123 e. The first-order chi connectivity index (χ1) is 9.15. The molecule has 1 aromatic carbocycles. The van der Waals surface area contributed by atoms with Crippen molar-refractivity contribution in [2.24, 2.45) is 0 Å². The molecule has 106 valence electrons. The highest BCUT2D eigenvalue weighted by atomic mass is 32.2. The largest absolute Gasteiger partial charge is 0.392 e. The zero-order valence-corrected chi connectivity index (χ0v) is 12.4. The second-order valence-corrected chi connectivity index (χ2v) is 6.86. The Kier molecular flexibility index (Phi) is 5.71. The zero-order chi connectivity index (χ0) is 13.7. The minimum absolute atomic E-state index is 0.215.